The van der Waals surface area contributed by atoms with Crippen LogP contribution in [0.15, 0.2) is 40.9 Å². The second-order valence-electron chi connectivity index (χ2n) is 4.34. The molecule has 0 fully saturated rings. The van der Waals surface area contributed by atoms with Crippen molar-refractivity contribution in [2.45, 2.75) is 12.5 Å². The van der Waals surface area contributed by atoms with Crippen LogP contribution in [0.25, 0.3) is 0 Å². The van der Waals surface area contributed by atoms with E-state index < -0.39 is 5.82 Å². The molecule has 106 valence electrons. The Labute approximate surface area is 135 Å². The first-order valence-corrected chi connectivity index (χ1v) is 7.41. The summed E-state index contributed by atoms with van der Waals surface area (Å²) >= 11 is 15.2. The highest BCUT2D eigenvalue weighted by molar-refractivity contribution is 9.10. The van der Waals surface area contributed by atoms with Crippen LogP contribution in [0, 0.1) is 5.82 Å². The van der Waals surface area contributed by atoms with Crippen LogP contribution in [0.5, 0.6) is 0 Å². The number of rotatable bonds is 4. The Hall–Kier alpha value is -0.650. The Balaban J connectivity index is 2.26. The number of hydrogen-bond donors (Lipinski definition) is 2. The summed E-state index contributed by atoms with van der Waals surface area (Å²) < 4.78 is 14.0. The molecule has 2 nitrogen and oxygen atoms in total. The molecule has 0 heterocycles. The van der Waals surface area contributed by atoms with E-state index in [1.54, 1.807) is 24.3 Å². The molecule has 2 aromatic carbocycles. The fraction of sp³-hybridized carbons (Fsp3) is 0.143. The lowest BCUT2D eigenvalue weighted by molar-refractivity contribution is 0.549. The van der Waals surface area contributed by atoms with E-state index in [4.69, 9.17) is 29.0 Å². The van der Waals surface area contributed by atoms with Gasteiger partial charge in [-0.05, 0) is 41.8 Å². The van der Waals surface area contributed by atoms with Crippen molar-refractivity contribution < 1.29 is 4.39 Å². The van der Waals surface area contributed by atoms with E-state index in [1.165, 1.54) is 6.07 Å². The Morgan fingerprint density at radius 1 is 1.20 bits per heavy atom. The predicted octanol–water partition coefficient (Wildman–Crippen LogP) is 4.64. The van der Waals surface area contributed by atoms with Gasteiger partial charge in [-0.3, -0.25) is 11.3 Å². The minimum Gasteiger partial charge on any atom is -0.271 e. The van der Waals surface area contributed by atoms with Crippen LogP contribution in [0.2, 0.25) is 10.0 Å². The molecule has 0 aromatic heterocycles. The molecule has 1 atom stereocenters. The Bertz CT molecular complexity index is 622. The van der Waals surface area contributed by atoms with Gasteiger partial charge in [0.1, 0.15) is 5.82 Å². The molecule has 2 rings (SSSR count). The fourth-order valence-electron chi connectivity index (χ4n) is 1.95. The third kappa shape index (κ3) is 3.71. The molecule has 2 aromatic rings. The van der Waals surface area contributed by atoms with Crippen molar-refractivity contribution >= 4 is 39.1 Å². The molecule has 0 aliphatic carbocycles. The van der Waals surface area contributed by atoms with Crippen molar-refractivity contribution in [2.75, 3.05) is 0 Å². The fourth-order valence-corrected chi connectivity index (χ4v) is 3.11. The van der Waals surface area contributed by atoms with E-state index in [0.29, 0.717) is 11.4 Å². The van der Waals surface area contributed by atoms with E-state index in [1.807, 2.05) is 6.07 Å². The van der Waals surface area contributed by atoms with Gasteiger partial charge in [0.05, 0.1) is 11.1 Å². The van der Waals surface area contributed by atoms with Crippen molar-refractivity contribution in [2.24, 2.45) is 5.84 Å². The van der Waals surface area contributed by atoms with Crippen LogP contribution in [-0.2, 0) is 6.42 Å². The highest BCUT2D eigenvalue weighted by Crippen LogP contribution is 2.29. The Morgan fingerprint density at radius 2 is 1.95 bits per heavy atom. The Morgan fingerprint density at radius 3 is 2.55 bits per heavy atom. The van der Waals surface area contributed by atoms with Crippen LogP contribution < -0.4 is 11.3 Å². The number of benzene rings is 2. The van der Waals surface area contributed by atoms with E-state index >= 15 is 0 Å². The molecule has 0 saturated heterocycles. The topological polar surface area (TPSA) is 38.0 Å². The summed E-state index contributed by atoms with van der Waals surface area (Å²) in [4.78, 5) is 0. The summed E-state index contributed by atoms with van der Waals surface area (Å²) in [5, 5.41) is 0.745. The standard InChI is InChI=1S/C14H12BrCl2FN2/c15-11-7-9(16)2-3-10(11)14(20-19)6-8-1-4-13(18)12(17)5-8/h1-5,7,14,20H,6,19H2. The van der Waals surface area contributed by atoms with Gasteiger partial charge in [0, 0.05) is 9.50 Å². The van der Waals surface area contributed by atoms with Gasteiger partial charge in [-0.1, -0.05) is 51.3 Å². The minimum absolute atomic E-state index is 0.105. The first-order valence-electron chi connectivity index (χ1n) is 5.86. The molecule has 0 aliphatic heterocycles. The number of halogens is 4. The van der Waals surface area contributed by atoms with Crippen LogP contribution in [0.4, 0.5) is 4.39 Å². The normalized spacial score (nSPS) is 12.4. The molecule has 0 saturated carbocycles. The number of nitrogens with one attached hydrogen (secondary N) is 1. The van der Waals surface area contributed by atoms with Crippen LogP contribution in [-0.4, -0.2) is 0 Å². The van der Waals surface area contributed by atoms with Gasteiger partial charge in [-0.2, -0.15) is 0 Å². The summed E-state index contributed by atoms with van der Waals surface area (Å²) in [5.41, 5.74) is 4.61. The van der Waals surface area contributed by atoms with Crippen molar-refractivity contribution in [1.29, 1.82) is 0 Å². The summed E-state index contributed by atoms with van der Waals surface area (Å²) in [5.74, 6) is 5.19. The molecular formula is C14H12BrCl2FN2. The van der Waals surface area contributed by atoms with Gasteiger partial charge < -0.3 is 0 Å². The molecule has 3 N–H and O–H groups in total. The van der Waals surface area contributed by atoms with E-state index in [9.17, 15) is 4.39 Å². The molecule has 0 aliphatic rings. The first-order chi connectivity index (χ1) is 9.51. The SMILES string of the molecule is NNC(Cc1ccc(F)c(Cl)c1)c1ccc(Cl)cc1Br. The lowest BCUT2D eigenvalue weighted by Gasteiger charge is -2.18. The van der Waals surface area contributed by atoms with Gasteiger partial charge in [0.15, 0.2) is 0 Å². The zero-order valence-electron chi connectivity index (χ0n) is 10.3. The van der Waals surface area contributed by atoms with Crippen molar-refractivity contribution in [1.82, 2.24) is 5.43 Å². The first kappa shape index (κ1) is 15.7. The van der Waals surface area contributed by atoms with Crippen LogP contribution >= 0.6 is 39.1 Å². The van der Waals surface area contributed by atoms with Crippen LogP contribution in [0.1, 0.15) is 17.2 Å². The monoisotopic (exact) mass is 376 g/mol. The van der Waals surface area contributed by atoms with Gasteiger partial charge >= 0.3 is 0 Å². The molecule has 6 heteroatoms. The lowest BCUT2D eigenvalue weighted by atomic mass is 9.99. The predicted molar refractivity (Wildman–Crippen MR) is 84.3 cm³/mol. The van der Waals surface area contributed by atoms with E-state index in [2.05, 4.69) is 21.4 Å². The third-order valence-electron chi connectivity index (χ3n) is 2.96. The van der Waals surface area contributed by atoms with Gasteiger partial charge in [-0.15, -0.1) is 0 Å². The summed E-state index contributed by atoms with van der Waals surface area (Å²) in [7, 11) is 0. The van der Waals surface area contributed by atoms with Crippen molar-refractivity contribution in [3.05, 3.63) is 67.9 Å². The quantitative estimate of drug-likeness (QED) is 0.601. The molecule has 0 amide bonds. The van der Waals surface area contributed by atoms with E-state index in [0.717, 1.165) is 15.6 Å². The molecule has 1 unspecified atom stereocenters. The highest BCUT2D eigenvalue weighted by Gasteiger charge is 2.15. The molecule has 0 spiro atoms. The smallest absolute Gasteiger partial charge is 0.141 e. The maximum atomic E-state index is 13.2. The Kier molecular flexibility index (Phi) is 5.41. The highest BCUT2D eigenvalue weighted by atomic mass is 79.9. The maximum absolute atomic E-state index is 13.2. The zero-order chi connectivity index (χ0) is 14.7. The molecule has 20 heavy (non-hydrogen) atoms. The molecule has 0 bridgehead atoms. The minimum atomic E-state index is -0.430. The number of hydrazine groups is 1. The van der Waals surface area contributed by atoms with Crippen LogP contribution in [0.3, 0.4) is 0 Å². The molecule has 0 radical (unpaired) electrons. The van der Waals surface area contributed by atoms with Gasteiger partial charge in [-0.25, -0.2) is 4.39 Å². The summed E-state index contributed by atoms with van der Waals surface area (Å²) in [6.07, 6.45) is 0.580. The second-order valence-corrected chi connectivity index (χ2v) is 6.04. The zero-order valence-corrected chi connectivity index (χ0v) is 13.4. The molecular weight excluding hydrogens is 366 g/mol. The average molecular weight is 378 g/mol. The maximum Gasteiger partial charge on any atom is 0.141 e. The van der Waals surface area contributed by atoms with E-state index in [-0.39, 0.29) is 11.1 Å². The summed E-state index contributed by atoms with van der Waals surface area (Å²) in [6.45, 7) is 0. The number of hydrogen-bond acceptors (Lipinski definition) is 2. The van der Waals surface area contributed by atoms with Crippen molar-refractivity contribution in [3.8, 4) is 0 Å². The lowest BCUT2D eigenvalue weighted by Crippen LogP contribution is -2.29. The largest absolute Gasteiger partial charge is 0.271 e. The second kappa shape index (κ2) is 6.87. The number of nitrogens with two attached hydrogens (primary N) is 1. The summed E-state index contributed by atoms with van der Waals surface area (Å²) in [6, 6.07) is 10.00. The van der Waals surface area contributed by atoms with Crippen molar-refractivity contribution in [3.63, 3.8) is 0 Å². The average Bonchev–Trinajstić information content (AvgIpc) is 2.41. The van der Waals surface area contributed by atoms with Gasteiger partial charge in [0.2, 0.25) is 0 Å². The van der Waals surface area contributed by atoms with Gasteiger partial charge in [0.25, 0.3) is 0 Å². The third-order valence-corrected chi connectivity index (χ3v) is 4.17.